The Morgan fingerprint density at radius 2 is 1.00 bits per heavy atom. The second-order valence-electron chi connectivity index (χ2n) is 15.0. The lowest BCUT2D eigenvalue weighted by molar-refractivity contribution is -0.156. The molecule has 0 saturated carbocycles. The molecule has 0 aliphatic heterocycles. The van der Waals surface area contributed by atoms with Crippen LogP contribution in [0.15, 0.2) is 73.8 Å². The average Bonchev–Trinajstić information content (AvgIpc) is 3.01. The van der Waals surface area contributed by atoms with E-state index in [2.05, 4.69) is 82.5 Å². The van der Waals surface area contributed by atoms with Crippen LogP contribution in [0.1, 0.15) is 111 Å². The maximum Gasteiger partial charge on any atom is 0.330 e. The minimum atomic E-state index is -0.852. The van der Waals surface area contributed by atoms with E-state index in [1.165, 1.54) is 0 Å². The van der Waals surface area contributed by atoms with Gasteiger partial charge >= 0.3 is 11.9 Å². The highest BCUT2D eigenvalue weighted by Crippen LogP contribution is 2.36. The minimum absolute atomic E-state index is 0.0875. The third-order valence-corrected chi connectivity index (χ3v) is 8.97. The van der Waals surface area contributed by atoms with E-state index in [0.717, 1.165) is 34.4 Å². The quantitative estimate of drug-likeness (QED) is 0.118. The van der Waals surface area contributed by atoms with Crippen LogP contribution in [0, 0.1) is 0 Å². The fourth-order valence-corrected chi connectivity index (χ4v) is 5.72. The van der Waals surface area contributed by atoms with Crippen molar-refractivity contribution < 1.29 is 38.7 Å². The van der Waals surface area contributed by atoms with Crippen LogP contribution in [0.5, 0.6) is 0 Å². The van der Waals surface area contributed by atoms with Crippen LogP contribution in [0.4, 0.5) is 0 Å². The molecule has 0 aromatic heterocycles. The zero-order valence-corrected chi connectivity index (χ0v) is 30.7. The highest BCUT2D eigenvalue weighted by Gasteiger charge is 2.32. The van der Waals surface area contributed by atoms with Gasteiger partial charge in [-0.3, -0.25) is 0 Å². The third-order valence-electron chi connectivity index (χ3n) is 8.97. The molecule has 48 heavy (non-hydrogen) atoms. The lowest BCUT2D eigenvalue weighted by atomic mass is 9.76. The first-order valence-electron chi connectivity index (χ1n) is 16.7. The van der Waals surface area contributed by atoms with Crippen LogP contribution < -0.4 is 0 Å². The lowest BCUT2D eigenvalue weighted by Gasteiger charge is -2.33. The number of carbonyl (C=O) groups excluding carboxylic acids is 2. The molecule has 2 N–H and O–H groups in total. The van der Waals surface area contributed by atoms with Crippen molar-refractivity contribution in [1.82, 2.24) is 0 Å². The number of hydrogen-bond donors (Lipinski definition) is 2. The van der Waals surface area contributed by atoms with E-state index < -0.39 is 46.6 Å². The van der Waals surface area contributed by atoms with E-state index in [1.54, 1.807) is 27.7 Å². The summed E-state index contributed by atoms with van der Waals surface area (Å²) in [6.45, 7) is 26.4. The Balaban J connectivity index is 2.08. The van der Waals surface area contributed by atoms with Gasteiger partial charge in [-0.2, -0.15) is 0 Å². The SMILES string of the molecule is C=CC(=O)OC(C)(C)CC(O)COC(C)(C)c1ccc(C(C)(C)c2ccc(C(C)(CC)OCC(O)CC(C)(C)OC(=O)C=C)cc2)cc1. The average molecular weight is 667 g/mol. The number of benzene rings is 2. The molecule has 3 unspecified atom stereocenters. The molecule has 0 aliphatic carbocycles. The van der Waals surface area contributed by atoms with Gasteiger partial charge in [0.2, 0.25) is 0 Å². The first-order valence-corrected chi connectivity index (χ1v) is 16.7. The fourth-order valence-electron chi connectivity index (χ4n) is 5.72. The van der Waals surface area contributed by atoms with Crippen LogP contribution in [0.3, 0.4) is 0 Å². The molecule has 8 nitrogen and oxygen atoms in total. The predicted molar refractivity (Wildman–Crippen MR) is 190 cm³/mol. The molecule has 0 fully saturated rings. The molecule has 0 spiro atoms. The standard InChI is InChI=1S/C40H58O8/c1-13-34(43)47-36(4,5)24-32(41)26-45-39(10,11)30-20-16-28(17-21-30)38(8,9)29-18-22-31(23-19-29)40(12,15-3)46-27-33(42)25-37(6,7)48-35(44)14-2/h13-14,16-23,32-33,41-42H,1-2,15,24-27H2,3-12H3. The van der Waals surface area contributed by atoms with Gasteiger partial charge in [0.05, 0.1) is 36.6 Å². The fraction of sp³-hybridized carbons (Fsp3) is 0.550. The Kier molecular flexibility index (Phi) is 14.0. The van der Waals surface area contributed by atoms with Gasteiger partial charge in [0.1, 0.15) is 11.2 Å². The number of ether oxygens (including phenoxy) is 4. The summed E-state index contributed by atoms with van der Waals surface area (Å²) in [5.41, 5.74) is 0.997. The van der Waals surface area contributed by atoms with Gasteiger partial charge in [0, 0.05) is 30.4 Å². The third kappa shape index (κ3) is 11.7. The van der Waals surface area contributed by atoms with Crippen LogP contribution in [-0.4, -0.2) is 58.8 Å². The maximum atomic E-state index is 11.6. The summed E-state index contributed by atoms with van der Waals surface area (Å²) in [5.74, 6) is -1.05. The molecule has 0 aliphatic rings. The zero-order valence-electron chi connectivity index (χ0n) is 30.7. The Morgan fingerprint density at radius 1 is 0.646 bits per heavy atom. The van der Waals surface area contributed by atoms with Gasteiger partial charge in [-0.1, -0.05) is 82.5 Å². The summed E-state index contributed by atoms with van der Waals surface area (Å²) < 4.78 is 23.1. The highest BCUT2D eigenvalue weighted by molar-refractivity contribution is 5.81. The molecule has 0 amide bonds. The van der Waals surface area contributed by atoms with Gasteiger partial charge in [0.25, 0.3) is 0 Å². The van der Waals surface area contributed by atoms with Crippen LogP contribution in [0.25, 0.3) is 0 Å². The second kappa shape index (κ2) is 16.4. The molecule has 0 heterocycles. The van der Waals surface area contributed by atoms with Crippen molar-refractivity contribution >= 4 is 11.9 Å². The zero-order chi connectivity index (χ0) is 36.6. The lowest BCUT2D eigenvalue weighted by Crippen LogP contribution is -2.36. The van der Waals surface area contributed by atoms with Crippen molar-refractivity contribution in [3.05, 3.63) is 96.1 Å². The summed E-state index contributed by atoms with van der Waals surface area (Å²) in [5, 5.41) is 21.3. The maximum absolute atomic E-state index is 11.6. The van der Waals surface area contributed by atoms with Gasteiger partial charge in [-0.25, -0.2) is 9.59 Å². The van der Waals surface area contributed by atoms with Gasteiger partial charge < -0.3 is 29.2 Å². The molecule has 2 aromatic carbocycles. The molecule has 266 valence electrons. The van der Waals surface area contributed by atoms with Crippen molar-refractivity contribution in [1.29, 1.82) is 0 Å². The van der Waals surface area contributed by atoms with Crippen LogP contribution >= 0.6 is 0 Å². The summed E-state index contributed by atoms with van der Waals surface area (Å²) in [6.07, 6.45) is 1.76. The smallest absolute Gasteiger partial charge is 0.330 e. The van der Waals surface area contributed by atoms with Crippen molar-refractivity contribution in [3.8, 4) is 0 Å². The summed E-state index contributed by atoms with van der Waals surface area (Å²) in [7, 11) is 0. The summed E-state index contributed by atoms with van der Waals surface area (Å²) >= 11 is 0. The highest BCUT2D eigenvalue weighted by atomic mass is 16.6. The van der Waals surface area contributed by atoms with E-state index in [4.69, 9.17) is 18.9 Å². The van der Waals surface area contributed by atoms with E-state index >= 15 is 0 Å². The Hall–Kier alpha value is -3.30. The van der Waals surface area contributed by atoms with Crippen molar-refractivity contribution in [2.45, 2.75) is 129 Å². The van der Waals surface area contributed by atoms with E-state index in [-0.39, 0.29) is 31.5 Å². The normalized spacial score (nSPS) is 15.2. The monoisotopic (exact) mass is 666 g/mol. The molecule has 8 heteroatoms. The van der Waals surface area contributed by atoms with Gasteiger partial charge in [-0.05, 0) is 77.1 Å². The van der Waals surface area contributed by atoms with E-state index in [1.807, 2.05) is 20.8 Å². The minimum Gasteiger partial charge on any atom is -0.456 e. The topological polar surface area (TPSA) is 112 Å². The molecule has 3 atom stereocenters. The molecule has 0 bridgehead atoms. The number of carbonyl (C=O) groups is 2. The first kappa shape index (κ1) is 40.9. The summed E-state index contributed by atoms with van der Waals surface area (Å²) in [4.78, 5) is 23.2. The Morgan fingerprint density at radius 3 is 1.38 bits per heavy atom. The first-order chi connectivity index (χ1) is 22.1. The van der Waals surface area contributed by atoms with Crippen LogP contribution in [-0.2, 0) is 45.2 Å². The van der Waals surface area contributed by atoms with Crippen molar-refractivity contribution in [2.24, 2.45) is 0 Å². The van der Waals surface area contributed by atoms with E-state index in [9.17, 15) is 19.8 Å². The molecular formula is C40H58O8. The molecule has 2 aromatic rings. The number of rotatable bonds is 19. The molecule has 2 rings (SSSR count). The van der Waals surface area contributed by atoms with Crippen LogP contribution in [0.2, 0.25) is 0 Å². The molecule has 0 saturated heterocycles. The van der Waals surface area contributed by atoms with Gasteiger partial charge in [-0.15, -0.1) is 0 Å². The number of esters is 2. The van der Waals surface area contributed by atoms with Crippen molar-refractivity contribution in [2.75, 3.05) is 13.2 Å². The Bertz CT molecular complexity index is 1370. The molecule has 0 radical (unpaired) electrons. The van der Waals surface area contributed by atoms with Gasteiger partial charge in [0.15, 0.2) is 0 Å². The predicted octanol–water partition coefficient (Wildman–Crippen LogP) is 7.42. The molecular weight excluding hydrogens is 608 g/mol. The van der Waals surface area contributed by atoms with E-state index in [0.29, 0.717) is 6.42 Å². The largest absolute Gasteiger partial charge is 0.456 e. The Labute approximate surface area is 288 Å². The van der Waals surface area contributed by atoms with Crippen molar-refractivity contribution in [3.63, 3.8) is 0 Å². The summed E-state index contributed by atoms with van der Waals surface area (Å²) in [6, 6.07) is 16.7. The second-order valence-corrected chi connectivity index (χ2v) is 15.0. The number of hydrogen-bond acceptors (Lipinski definition) is 8. The number of aliphatic hydroxyl groups is 2. The number of aliphatic hydroxyl groups excluding tert-OH is 2.